The lowest BCUT2D eigenvalue weighted by atomic mass is 10.2. The van der Waals surface area contributed by atoms with Crippen molar-refractivity contribution in [2.24, 2.45) is 5.73 Å². The second-order valence-corrected chi connectivity index (χ2v) is 3.96. The van der Waals surface area contributed by atoms with Crippen molar-refractivity contribution in [1.29, 1.82) is 0 Å². The molecular formula is C10H21N5. The van der Waals surface area contributed by atoms with E-state index in [9.17, 15) is 0 Å². The van der Waals surface area contributed by atoms with Gasteiger partial charge < -0.3 is 10.6 Å². The summed E-state index contributed by atoms with van der Waals surface area (Å²) in [7, 11) is 4.11. The molecule has 2 N–H and O–H groups in total. The van der Waals surface area contributed by atoms with Crippen molar-refractivity contribution in [1.82, 2.24) is 19.9 Å². The Morgan fingerprint density at radius 2 is 2.13 bits per heavy atom. The smallest absolute Gasteiger partial charge is 0.0994 e. The van der Waals surface area contributed by atoms with Gasteiger partial charge in [-0.3, -0.25) is 0 Å². The first-order valence-corrected chi connectivity index (χ1v) is 5.45. The van der Waals surface area contributed by atoms with Gasteiger partial charge in [-0.1, -0.05) is 18.6 Å². The Balaban J connectivity index is 2.72. The molecule has 0 aliphatic heterocycles. The van der Waals surface area contributed by atoms with E-state index in [4.69, 9.17) is 5.73 Å². The van der Waals surface area contributed by atoms with E-state index in [2.05, 4.69) is 36.2 Å². The third kappa shape index (κ3) is 3.28. The van der Waals surface area contributed by atoms with Crippen LogP contribution in [0.1, 0.15) is 24.7 Å². The Hall–Kier alpha value is -0.940. The van der Waals surface area contributed by atoms with Crippen LogP contribution in [-0.2, 0) is 19.5 Å². The van der Waals surface area contributed by atoms with E-state index in [0.717, 1.165) is 31.6 Å². The molecule has 1 rings (SSSR count). The molecule has 1 heterocycles. The quantitative estimate of drug-likeness (QED) is 0.733. The molecule has 0 saturated heterocycles. The highest BCUT2D eigenvalue weighted by molar-refractivity contribution is 5.09. The molecule has 15 heavy (non-hydrogen) atoms. The average molecular weight is 211 g/mol. The maximum Gasteiger partial charge on any atom is 0.0994 e. The summed E-state index contributed by atoms with van der Waals surface area (Å²) in [6.07, 6.45) is 2.11. The molecule has 1 aromatic rings. The molecule has 0 saturated carbocycles. The molecule has 86 valence electrons. The number of hydrogen-bond donors (Lipinski definition) is 1. The highest BCUT2D eigenvalue weighted by Crippen LogP contribution is 2.07. The van der Waals surface area contributed by atoms with Crippen LogP contribution in [0.25, 0.3) is 0 Å². The van der Waals surface area contributed by atoms with Gasteiger partial charge in [-0.15, -0.1) is 5.10 Å². The van der Waals surface area contributed by atoms with E-state index in [-0.39, 0.29) is 0 Å². The summed E-state index contributed by atoms with van der Waals surface area (Å²) in [5.74, 6) is 0. The van der Waals surface area contributed by atoms with Crippen LogP contribution in [0.5, 0.6) is 0 Å². The van der Waals surface area contributed by atoms with Crippen molar-refractivity contribution < 1.29 is 0 Å². The van der Waals surface area contributed by atoms with Crippen molar-refractivity contribution in [2.45, 2.75) is 32.9 Å². The minimum absolute atomic E-state index is 0.483. The van der Waals surface area contributed by atoms with Crippen molar-refractivity contribution in [3.05, 3.63) is 11.4 Å². The van der Waals surface area contributed by atoms with Gasteiger partial charge in [0.2, 0.25) is 0 Å². The van der Waals surface area contributed by atoms with E-state index in [0.29, 0.717) is 6.54 Å². The van der Waals surface area contributed by atoms with Crippen LogP contribution in [0.15, 0.2) is 0 Å². The standard InChI is InChI=1S/C10H21N5/c1-4-5-10-9(8-11)12-13-15(10)7-6-14(2)3/h4-8,11H2,1-3H3. The Bertz CT molecular complexity index is 292. The van der Waals surface area contributed by atoms with Crippen LogP contribution in [0.3, 0.4) is 0 Å². The molecule has 5 heteroatoms. The number of nitrogens with two attached hydrogens (primary N) is 1. The molecule has 0 spiro atoms. The minimum atomic E-state index is 0.483. The molecule has 5 nitrogen and oxygen atoms in total. The van der Waals surface area contributed by atoms with E-state index < -0.39 is 0 Å². The van der Waals surface area contributed by atoms with Gasteiger partial charge in [0.05, 0.1) is 17.9 Å². The number of aromatic nitrogens is 3. The summed E-state index contributed by atoms with van der Waals surface area (Å²) in [6, 6.07) is 0. The first-order valence-electron chi connectivity index (χ1n) is 5.45. The number of hydrogen-bond acceptors (Lipinski definition) is 4. The van der Waals surface area contributed by atoms with Crippen LogP contribution in [0, 0.1) is 0 Å². The van der Waals surface area contributed by atoms with Gasteiger partial charge in [0.25, 0.3) is 0 Å². The highest BCUT2D eigenvalue weighted by Gasteiger charge is 2.10. The maximum atomic E-state index is 5.62. The Morgan fingerprint density at radius 3 is 2.67 bits per heavy atom. The SMILES string of the molecule is CCCc1c(CN)nnn1CCN(C)C. The third-order valence-corrected chi connectivity index (χ3v) is 2.36. The Labute approximate surface area is 91.2 Å². The van der Waals surface area contributed by atoms with Crippen LogP contribution in [0.4, 0.5) is 0 Å². The molecule has 0 aliphatic carbocycles. The van der Waals surface area contributed by atoms with Gasteiger partial charge in [0.15, 0.2) is 0 Å². The summed E-state index contributed by atoms with van der Waals surface area (Å²) < 4.78 is 1.98. The molecule has 0 aliphatic rings. The fraction of sp³-hybridized carbons (Fsp3) is 0.800. The normalized spacial score (nSPS) is 11.3. The molecule has 0 radical (unpaired) electrons. The fourth-order valence-electron chi connectivity index (χ4n) is 1.51. The van der Waals surface area contributed by atoms with E-state index >= 15 is 0 Å². The topological polar surface area (TPSA) is 60.0 Å². The molecule has 0 atom stereocenters. The lowest BCUT2D eigenvalue weighted by molar-refractivity contribution is 0.366. The summed E-state index contributed by atoms with van der Waals surface area (Å²) in [5.41, 5.74) is 7.76. The zero-order valence-electron chi connectivity index (χ0n) is 9.90. The summed E-state index contributed by atoms with van der Waals surface area (Å²) in [6.45, 7) is 4.50. The number of rotatable bonds is 6. The van der Waals surface area contributed by atoms with Crippen LogP contribution in [0.2, 0.25) is 0 Å². The minimum Gasteiger partial charge on any atom is -0.325 e. The lowest BCUT2D eigenvalue weighted by Crippen LogP contribution is -2.20. The van der Waals surface area contributed by atoms with E-state index in [1.807, 2.05) is 4.68 Å². The largest absolute Gasteiger partial charge is 0.325 e. The zero-order valence-corrected chi connectivity index (χ0v) is 9.90. The number of nitrogens with zero attached hydrogens (tertiary/aromatic N) is 4. The molecule has 1 aromatic heterocycles. The summed E-state index contributed by atoms with van der Waals surface area (Å²) in [4.78, 5) is 2.14. The highest BCUT2D eigenvalue weighted by atomic mass is 15.4. The first-order chi connectivity index (χ1) is 7.19. The van der Waals surface area contributed by atoms with Crippen molar-refractivity contribution in [3.8, 4) is 0 Å². The molecule has 0 unspecified atom stereocenters. The van der Waals surface area contributed by atoms with E-state index in [1.54, 1.807) is 0 Å². The second kappa shape index (κ2) is 5.82. The molecule has 0 bridgehead atoms. The molecule has 0 aromatic carbocycles. The maximum absolute atomic E-state index is 5.62. The van der Waals surface area contributed by atoms with Crippen LogP contribution >= 0.6 is 0 Å². The van der Waals surface area contributed by atoms with Gasteiger partial charge in [-0.05, 0) is 20.5 Å². The van der Waals surface area contributed by atoms with Gasteiger partial charge >= 0.3 is 0 Å². The monoisotopic (exact) mass is 211 g/mol. The lowest BCUT2D eigenvalue weighted by Gasteiger charge is -2.11. The fourth-order valence-corrected chi connectivity index (χ4v) is 1.51. The molecule has 0 amide bonds. The van der Waals surface area contributed by atoms with Crippen molar-refractivity contribution in [3.63, 3.8) is 0 Å². The van der Waals surface area contributed by atoms with E-state index in [1.165, 1.54) is 5.69 Å². The third-order valence-electron chi connectivity index (χ3n) is 2.36. The first kappa shape index (κ1) is 12.1. The van der Waals surface area contributed by atoms with Crippen molar-refractivity contribution in [2.75, 3.05) is 20.6 Å². The van der Waals surface area contributed by atoms with Gasteiger partial charge in [0.1, 0.15) is 0 Å². The second-order valence-electron chi connectivity index (χ2n) is 3.96. The predicted octanol–water partition coefficient (Wildman–Crippen LogP) is 0.251. The number of likely N-dealkylation sites (N-methyl/N-ethyl adjacent to an activating group) is 1. The van der Waals surface area contributed by atoms with Gasteiger partial charge in [-0.25, -0.2) is 4.68 Å². The van der Waals surface area contributed by atoms with Crippen molar-refractivity contribution >= 4 is 0 Å². The van der Waals surface area contributed by atoms with Gasteiger partial charge in [-0.2, -0.15) is 0 Å². The summed E-state index contributed by atoms with van der Waals surface area (Å²) in [5, 5.41) is 8.24. The average Bonchev–Trinajstić information content (AvgIpc) is 2.58. The molecular weight excluding hydrogens is 190 g/mol. The van der Waals surface area contributed by atoms with Gasteiger partial charge in [0, 0.05) is 13.1 Å². The molecule has 0 fully saturated rings. The zero-order chi connectivity index (χ0) is 11.3. The van der Waals surface area contributed by atoms with Crippen LogP contribution in [-0.4, -0.2) is 40.5 Å². The van der Waals surface area contributed by atoms with Crippen LogP contribution < -0.4 is 5.73 Å². The summed E-state index contributed by atoms with van der Waals surface area (Å²) >= 11 is 0. The Kier molecular flexibility index (Phi) is 4.71. The Morgan fingerprint density at radius 1 is 1.40 bits per heavy atom. The predicted molar refractivity (Wildman–Crippen MR) is 60.5 cm³/mol.